The molecule has 0 unspecified atom stereocenters. The summed E-state index contributed by atoms with van der Waals surface area (Å²) < 4.78 is 41.0. The molecule has 1 aromatic heterocycles. The Bertz CT molecular complexity index is 754. The Balaban J connectivity index is 2.38. The molecule has 102 valence electrons. The molecule has 3 rings (SSSR count). The molecular weight excluding hydrogens is 263 g/mol. The molecule has 0 spiro atoms. The van der Waals surface area contributed by atoms with Gasteiger partial charge in [0.1, 0.15) is 5.69 Å². The summed E-state index contributed by atoms with van der Waals surface area (Å²) in [6.07, 6.45) is -4.39. The average molecular weight is 275 g/mol. The number of hydrogen-bond donors (Lipinski definition) is 0. The number of fused-ring (bicyclic) bond motifs is 1. The van der Waals surface area contributed by atoms with Crippen LogP contribution in [-0.4, -0.2) is 4.57 Å². The minimum atomic E-state index is -4.39. The summed E-state index contributed by atoms with van der Waals surface area (Å²) in [5, 5.41) is 0.598. The van der Waals surface area contributed by atoms with Gasteiger partial charge in [-0.05, 0) is 37.3 Å². The van der Waals surface area contributed by atoms with Gasteiger partial charge in [-0.15, -0.1) is 0 Å². The summed E-state index contributed by atoms with van der Waals surface area (Å²) in [7, 11) is 0. The topological polar surface area (TPSA) is 4.93 Å². The molecule has 0 amide bonds. The standard InChI is InChI=1S/C16H12F3N/c1-11-7-8-14-12(9-11)10-15(16(17,18)19)20(14)13-5-3-2-4-6-13/h2-10H,1H3. The van der Waals surface area contributed by atoms with E-state index in [0.29, 0.717) is 16.6 Å². The summed E-state index contributed by atoms with van der Waals surface area (Å²) in [5.41, 5.74) is 1.37. The first-order chi connectivity index (χ1) is 9.47. The molecule has 20 heavy (non-hydrogen) atoms. The van der Waals surface area contributed by atoms with Crippen LogP contribution in [0.15, 0.2) is 54.6 Å². The van der Waals surface area contributed by atoms with E-state index in [4.69, 9.17) is 0 Å². The van der Waals surface area contributed by atoms with Crippen LogP contribution in [0.2, 0.25) is 0 Å². The predicted octanol–water partition coefficient (Wildman–Crippen LogP) is 4.96. The van der Waals surface area contributed by atoms with E-state index in [9.17, 15) is 13.2 Å². The second-order valence-electron chi connectivity index (χ2n) is 4.76. The largest absolute Gasteiger partial charge is 0.431 e. The lowest BCUT2D eigenvalue weighted by Crippen LogP contribution is -2.11. The third-order valence-corrected chi connectivity index (χ3v) is 3.26. The maximum absolute atomic E-state index is 13.3. The number of aromatic nitrogens is 1. The molecule has 0 aliphatic rings. The third kappa shape index (κ3) is 2.07. The normalized spacial score (nSPS) is 12.0. The van der Waals surface area contributed by atoms with Crippen LogP contribution in [0.25, 0.3) is 16.6 Å². The molecule has 0 atom stereocenters. The molecular formula is C16H12F3N. The van der Waals surface area contributed by atoms with E-state index >= 15 is 0 Å². The zero-order valence-corrected chi connectivity index (χ0v) is 10.8. The van der Waals surface area contributed by atoms with E-state index in [2.05, 4.69) is 0 Å². The average Bonchev–Trinajstić information content (AvgIpc) is 2.78. The van der Waals surface area contributed by atoms with Crippen molar-refractivity contribution in [2.75, 3.05) is 0 Å². The van der Waals surface area contributed by atoms with Crippen LogP contribution >= 0.6 is 0 Å². The molecule has 0 saturated carbocycles. The third-order valence-electron chi connectivity index (χ3n) is 3.26. The fourth-order valence-electron chi connectivity index (χ4n) is 2.40. The molecule has 4 heteroatoms. The van der Waals surface area contributed by atoms with Crippen molar-refractivity contribution in [3.05, 3.63) is 65.9 Å². The first-order valence-corrected chi connectivity index (χ1v) is 6.21. The highest BCUT2D eigenvalue weighted by Gasteiger charge is 2.35. The van der Waals surface area contributed by atoms with Gasteiger partial charge < -0.3 is 4.57 Å². The number of nitrogens with zero attached hydrogens (tertiary/aromatic N) is 1. The van der Waals surface area contributed by atoms with Gasteiger partial charge in [0.25, 0.3) is 0 Å². The Labute approximate surface area is 114 Å². The van der Waals surface area contributed by atoms with E-state index in [1.807, 2.05) is 13.0 Å². The Morgan fingerprint density at radius 2 is 1.60 bits per heavy atom. The van der Waals surface area contributed by atoms with Gasteiger partial charge in [0.05, 0.1) is 5.52 Å². The van der Waals surface area contributed by atoms with Crippen molar-refractivity contribution in [2.45, 2.75) is 13.1 Å². The maximum atomic E-state index is 13.3. The molecule has 0 aliphatic heterocycles. The van der Waals surface area contributed by atoms with E-state index < -0.39 is 11.9 Å². The molecule has 2 aromatic carbocycles. The van der Waals surface area contributed by atoms with Crippen LogP contribution in [0.3, 0.4) is 0 Å². The lowest BCUT2D eigenvalue weighted by Gasteiger charge is -2.13. The van der Waals surface area contributed by atoms with Gasteiger partial charge in [-0.3, -0.25) is 0 Å². The lowest BCUT2D eigenvalue weighted by molar-refractivity contribution is -0.142. The van der Waals surface area contributed by atoms with Gasteiger partial charge in [0.15, 0.2) is 0 Å². The predicted molar refractivity (Wildman–Crippen MR) is 73.0 cm³/mol. The van der Waals surface area contributed by atoms with Crippen molar-refractivity contribution >= 4 is 10.9 Å². The molecule has 0 fully saturated rings. The fraction of sp³-hybridized carbons (Fsp3) is 0.125. The van der Waals surface area contributed by atoms with Crippen LogP contribution in [0.5, 0.6) is 0 Å². The summed E-state index contributed by atoms with van der Waals surface area (Å²) in [5.74, 6) is 0. The van der Waals surface area contributed by atoms with Gasteiger partial charge in [-0.2, -0.15) is 13.2 Å². The zero-order valence-electron chi connectivity index (χ0n) is 10.8. The molecule has 0 aliphatic carbocycles. The van der Waals surface area contributed by atoms with E-state index in [-0.39, 0.29) is 0 Å². The lowest BCUT2D eigenvalue weighted by atomic mass is 10.2. The Hall–Kier alpha value is -2.23. The first-order valence-electron chi connectivity index (χ1n) is 6.21. The minimum absolute atomic E-state index is 0.513. The number of alkyl halides is 3. The molecule has 0 saturated heterocycles. The quantitative estimate of drug-likeness (QED) is 0.591. The van der Waals surface area contributed by atoms with Crippen molar-refractivity contribution in [1.29, 1.82) is 0 Å². The Morgan fingerprint density at radius 1 is 0.900 bits per heavy atom. The summed E-state index contributed by atoms with van der Waals surface area (Å²) >= 11 is 0. The summed E-state index contributed by atoms with van der Waals surface area (Å²) in [4.78, 5) is 0. The first kappa shape index (κ1) is 12.8. The molecule has 0 N–H and O–H groups in total. The minimum Gasteiger partial charge on any atom is -0.305 e. The van der Waals surface area contributed by atoms with Gasteiger partial charge in [0, 0.05) is 11.1 Å². The van der Waals surface area contributed by atoms with Crippen LogP contribution in [0.1, 0.15) is 11.3 Å². The number of hydrogen-bond acceptors (Lipinski definition) is 0. The number of halogens is 3. The maximum Gasteiger partial charge on any atom is 0.431 e. The number of para-hydroxylation sites is 1. The second kappa shape index (κ2) is 4.40. The van der Waals surface area contributed by atoms with Gasteiger partial charge in [-0.25, -0.2) is 0 Å². The van der Waals surface area contributed by atoms with Crippen LogP contribution in [0.4, 0.5) is 13.2 Å². The molecule has 1 heterocycles. The van der Waals surface area contributed by atoms with Gasteiger partial charge in [0.2, 0.25) is 0 Å². The van der Waals surface area contributed by atoms with E-state index in [0.717, 1.165) is 5.56 Å². The van der Waals surface area contributed by atoms with E-state index in [1.165, 1.54) is 10.6 Å². The van der Waals surface area contributed by atoms with Crippen LogP contribution < -0.4 is 0 Å². The number of rotatable bonds is 1. The van der Waals surface area contributed by atoms with Crippen molar-refractivity contribution in [2.24, 2.45) is 0 Å². The Kier molecular flexibility index (Phi) is 2.82. The highest BCUT2D eigenvalue weighted by Crippen LogP contribution is 2.36. The monoisotopic (exact) mass is 275 g/mol. The second-order valence-corrected chi connectivity index (χ2v) is 4.76. The zero-order chi connectivity index (χ0) is 14.3. The van der Waals surface area contributed by atoms with E-state index in [1.54, 1.807) is 42.5 Å². The van der Waals surface area contributed by atoms with Crippen molar-refractivity contribution in [3.8, 4) is 5.69 Å². The van der Waals surface area contributed by atoms with Gasteiger partial charge >= 0.3 is 6.18 Å². The fourth-order valence-corrected chi connectivity index (χ4v) is 2.40. The SMILES string of the molecule is Cc1ccc2c(c1)cc(C(F)(F)F)n2-c1ccccc1. The van der Waals surface area contributed by atoms with Crippen LogP contribution in [0, 0.1) is 6.92 Å². The summed E-state index contributed by atoms with van der Waals surface area (Å²) in [6, 6.07) is 15.1. The molecule has 0 radical (unpaired) electrons. The van der Waals surface area contributed by atoms with Crippen molar-refractivity contribution in [1.82, 2.24) is 4.57 Å². The molecule has 1 nitrogen and oxygen atoms in total. The summed E-state index contributed by atoms with van der Waals surface area (Å²) in [6.45, 7) is 1.87. The Morgan fingerprint density at radius 3 is 2.25 bits per heavy atom. The number of benzene rings is 2. The highest BCUT2D eigenvalue weighted by molar-refractivity contribution is 5.84. The molecule has 3 aromatic rings. The number of aryl methyl sites for hydroxylation is 1. The van der Waals surface area contributed by atoms with Crippen molar-refractivity contribution in [3.63, 3.8) is 0 Å². The van der Waals surface area contributed by atoms with Gasteiger partial charge in [-0.1, -0.05) is 29.8 Å². The molecule has 0 bridgehead atoms. The van der Waals surface area contributed by atoms with Crippen LogP contribution in [-0.2, 0) is 6.18 Å². The smallest absolute Gasteiger partial charge is 0.305 e. The van der Waals surface area contributed by atoms with Crippen molar-refractivity contribution < 1.29 is 13.2 Å². The highest BCUT2D eigenvalue weighted by atomic mass is 19.4.